The van der Waals surface area contributed by atoms with Gasteiger partial charge in [-0.05, 0) is 52.9 Å². The molecule has 8 heteroatoms. The molecular weight excluding hydrogens is 430 g/mol. The lowest BCUT2D eigenvalue weighted by molar-refractivity contribution is -0.383. The number of hydrogen-bond acceptors (Lipinski definition) is 3. The molecule has 0 aliphatic rings. The molecule has 0 fully saturated rings. The smallest absolute Gasteiger partial charge is 0.292 e. The maximum Gasteiger partial charge on any atom is 0.292 e. The van der Waals surface area contributed by atoms with E-state index in [-0.39, 0.29) is 16.4 Å². The van der Waals surface area contributed by atoms with Crippen molar-refractivity contribution in [2.45, 2.75) is 0 Å². The molecule has 0 aromatic heterocycles. The second-order valence-corrected chi connectivity index (χ2v) is 6.01. The predicted molar refractivity (Wildman–Crippen MR) is 90.2 cm³/mol. The number of nitro benzene ring substituents is 1. The van der Waals surface area contributed by atoms with Crippen LogP contribution in [0.3, 0.4) is 0 Å². The topological polar surface area (TPSA) is 72.2 Å². The van der Waals surface area contributed by atoms with Crippen molar-refractivity contribution >= 4 is 63.1 Å². The van der Waals surface area contributed by atoms with Crippen molar-refractivity contribution in [1.82, 2.24) is 0 Å². The third-order valence-corrected chi connectivity index (χ3v) is 4.39. The molecule has 0 saturated heterocycles. The Morgan fingerprint density at radius 1 is 1.19 bits per heavy atom. The van der Waals surface area contributed by atoms with Crippen molar-refractivity contribution in [3.8, 4) is 0 Å². The number of carbonyl (C=O) groups excluding carboxylic acids is 1. The average Bonchev–Trinajstić information content (AvgIpc) is 2.41. The van der Waals surface area contributed by atoms with Crippen molar-refractivity contribution in [2.24, 2.45) is 0 Å². The molecule has 2 aromatic carbocycles. The Kier molecular flexibility index (Phi) is 5.02. The number of rotatable bonds is 3. The molecule has 0 saturated carbocycles. The minimum absolute atomic E-state index is 0.0344. The van der Waals surface area contributed by atoms with Gasteiger partial charge < -0.3 is 5.32 Å². The van der Waals surface area contributed by atoms with E-state index in [2.05, 4.69) is 5.32 Å². The summed E-state index contributed by atoms with van der Waals surface area (Å²) in [6, 6.07) is 8.71. The van der Waals surface area contributed by atoms with Gasteiger partial charge in [0.15, 0.2) is 0 Å². The summed E-state index contributed by atoms with van der Waals surface area (Å²) in [5.74, 6) is -0.501. The van der Waals surface area contributed by atoms with E-state index in [1.807, 2.05) is 22.6 Å². The highest BCUT2D eigenvalue weighted by Crippen LogP contribution is 2.28. The van der Waals surface area contributed by atoms with Crippen LogP contribution >= 0.6 is 45.8 Å². The van der Waals surface area contributed by atoms with Gasteiger partial charge in [0.1, 0.15) is 5.69 Å². The number of nitrogens with zero attached hydrogens (tertiary/aromatic N) is 1. The van der Waals surface area contributed by atoms with E-state index in [0.717, 1.165) is 3.57 Å². The van der Waals surface area contributed by atoms with Gasteiger partial charge in [-0.15, -0.1) is 0 Å². The molecule has 0 radical (unpaired) electrons. The number of amides is 1. The first kappa shape index (κ1) is 16.0. The van der Waals surface area contributed by atoms with E-state index in [9.17, 15) is 14.9 Å². The molecule has 0 bridgehead atoms. The highest BCUT2D eigenvalue weighted by atomic mass is 127. The maximum absolute atomic E-state index is 12.1. The van der Waals surface area contributed by atoms with Gasteiger partial charge in [0, 0.05) is 20.2 Å². The zero-order chi connectivity index (χ0) is 15.6. The molecule has 0 heterocycles. The van der Waals surface area contributed by atoms with Gasteiger partial charge in [0.25, 0.3) is 11.6 Å². The summed E-state index contributed by atoms with van der Waals surface area (Å²) in [7, 11) is 0. The fourth-order valence-corrected chi connectivity index (χ4v) is 2.29. The highest BCUT2D eigenvalue weighted by molar-refractivity contribution is 14.1. The summed E-state index contributed by atoms with van der Waals surface area (Å²) in [5.41, 5.74) is 0.103. The highest BCUT2D eigenvalue weighted by Gasteiger charge is 2.17. The van der Waals surface area contributed by atoms with E-state index >= 15 is 0 Å². The fraction of sp³-hybridized carbons (Fsp3) is 0. The van der Waals surface area contributed by atoms with Crippen LogP contribution in [0.4, 0.5) is 11.4 Å². The molecule has 0 spiro atoms. The Morgan fingerprint density at radius 3 is 2.52 bits per heavy atom. The van der Waals surface area contributed by atoms with Crippen LogP contribution in [0.2, 0.25) is 10.0 Å². The summed E-state index contributed by atoms with van der Waals surface area (Å²) in [6.07, 6.45) is 0. The molecule has 0 unspecified atom stereocenters. The van der Waals surface area contributed by atoms with E-state index < -0.39 is 10.8 Å². The molecule has 21 heavy (non-hydrogen) atoms. The quantitative estimate of drug-likeness (QED) is 0.428. The van der Waals surface area contributed by atoms with Crippen LogP contribution in [-0.4, -0.2) is 10.8 Å². The molecule has 2 rings (SSSR count). The van der Waals surface area contributed by atoms with Crippen molar-refractivity contribution in [2.75, 3.05) is 5.32 Å². The second-order valence-electron chi connectivity index (χ2n) is 4.00. The summed E-state index contributed by atoms with van der Waals surface area (Å²) in [6.45, 7) is 0. The Bertz CT molecular complexity index is 737. The molecule has 2 aromatic rings. The van der Waals surface area contributed by atoms with E-state index in [1.165, 1.54) is 24.3 Å². The van der Waals surface area contributed by atoms with Gasteiger partial charge in [0.05, 0.1) is 9.95 Å². The van der Waals surface area contributed by atoms with Crippen LogP contribution in [-0.2, 0) is 0 Å². The summed E-state index contributed by atoms with van der Waals surface area (Å²) in [5, 5.41) is 14.1. The lowest BCUT2D eigenvalue weighted by atomic mass is 10.2. The number of carbonyl (C=O) groups is 1. The van der Waals surface area contributed by atoms with Gasteiger partial charge in [-0.2, -0.15) is 0 Å². The number of benzene rings is 2. The molecule has 108 valence electrons. The van der Waals surface area contributed by atoms with Crippen molar-refractivity contribution in [1.29, 1.82) is 0 Å². The second kappa shape index (κ2) is 6.59. The first-order chi connectivity index (χ1) is 9.88. The molecule has 0 aliphatic heterocycles. The normalized spacial score (nSPS) is 10.2. The Hall–Kier alpha value is -1.38. The monoisotopic (exact) mass is 436 g/mol. The third kappa shape index (κ3) is 3.84. The van der Waals surface area contributed by atoms with Gasteiger partial charge >= 0.3 is 0 Å². The summed E-state index contributed by atoms with van der Waals surface area (Å²) < 4.78 is 0.805. The largest absolute Gasteiger partial charge is 0.316 e. The standard InChI is InChI=1S/C13H7Cl2IN2O3/c14-8-2-4-12(18(20)21)11(6-8)17-13(19)7-1-3-10(16)9(15)5-7/h1-6H,(H,17,19). The Labute approximate surface area is 143 Å². The van der Waals surface area contributed by atoms with Gasteiger partial charge in [-0.3, -0.25) is 14.9 Å². The van der Waals surface area contributed by atoms with Gasteiger partial charge in [-0.1, -0.05) is 23.2 Å². The first-order valence-corrected chi connectivity index (χ1v) is 7.42. The van der Waals surface area contributed by atoms with Crippen molar-refractivity contribution in [3.63, 3.8) is 0 Å². The van der Waals surface area contributed by atoms with Crippen LogP contribution in [0.1, 0.15) is 10.4 Å². The molecule has 0 aliphatic carbocycles. The maximum atomic E-state index is 12.1. The van der Waals surface area contributed by atoms with Crippen LogP contribution in [0.5, 0.6) is 0 Å². The minimum Gasteiger partial charge on any atom is -0.316 e. The molecule has 5 nitrogen and oxygen atoms in total. The number of hydrogen-bond donors (Lipinski definition) is 1. The van der Waals surface area contributed by atoms with E-state index in [0.29, 0.717) is 10.6 Å². The zero-order valence-corrected chi connectivity index (χ0v) is 13.9. The summed E-state index contributed by atoms with van der Waals surface area (Å²) in [4.78, 5) is 22.5. The Morgan fingerprint density at radius 2 is 1.90 bits per heavy atom. The number of halogens is 3. The number of nitrogens with one attached hydrogen (secondary N) is 1. The van der Waals surface area contributed by atoms with Crippen LogP contribution in [0.25, 0.3) is 0 Å². The molecule has 0 atom stereocenters. The Balaban J connectivity index is 2.33. The molecule has 1 N–H and O–H groups in total. The summed E-state index contributed by atoms with van der Waals surface area (Å²) >= 11 is 13.8. The van der Waals surface area contributed by atoms with Crippen molar-refractivity contribution < 1.29 is 9.72 Å². The minimum atomic E-state index is -0.590. The molecule has 1 amide bonds. The molecular formula is C13H7Cl2IN2O3. The van der Waals surface area contributed by atoms with Gasteiger partial charge in [-0.25, -0.2) is 0 Å². The number of nitro groups is 1. The third-order valence-electron chi connectivity index (χ3n) is 2.59. The average molecular weight is 437 g/mol. The zero-order valence-electron chi connectivity index (χ0n) is 10.3. The van der Waals surface area contributed by atoms with E-state index in [1.54, 1.807) is 12.1 Å². The number of anilines is 1. The lowest BCUT2D eigenvalue weighted by Crippen LogP contribution is -2.13. The van der Waals surface area contributed by atoms with Gasteiger partial charge in [0.2, 0.25) is 0 Å². The predicted octanol–water partition coefficient (Wildman–Crippen LogP) is 4.76. The fourth-order valence-electron chi connectivity index (χ4n) is 1.60. The van der Waals surface area contributed by atoms with Crippen LogP contribution in [0.15, 0.2) is 36.4 Å². The SMILES string of the molecule is O=C(Nc1cc(Cl)ccc1[N+](=O)[O-])c1ccc(I)c(Cl)c1. The van der Waals surface area contributed by atoms with Crippen LogP contribution < -0.4 is 5.32 Å². The first-order valence-electron chi connectivity index (χ1n) is 5.59. The van der Waals surface area contributed by atoms with Crippen LogP contribution in [0, 0.1) is 13.7 Å². The van der Waals surface area contributed by atoms with Crippen molar-refractivity contribution in [3.05, 3.63) is 65.7 Å². The van der Waals surface area contributed by atoms with E-state index in [4.69, 9.17) is 23.2 Å². The lowest BCUT2D eigenvalue weighted by Gasteiger charge is -2.07.